The number of benzene rings is 1. The molecule has 0 N–H and O–H groups in total. The number of halogens is 1. The second kappa shape index (κ2) is 7.78. The van der Waals surface area contributed by atoms with Crippen LogP contribution in [0.15, 0.2) is 64.1 Å². The number of piperidine rings is 1. The van der Waals surface area contributed by atoms with Gasteiger partial charge in [-0.3, -0.25) is 9.47 Å². The van der Waals surface area contributed by atoms with E-state index in [1.54, 1.807) is 16.7 Å². The van der Waals surface area contributed by atoms with Gasteiger partial charge in [0.2, 0.25) is 0 Å². The van der Waals surface area contributed by atoms with Crippen molar-refractivity contribution >= 4 is 22.7 Å². The highest BCUT2D eigenvalue weighted by atomic mass is 35.5. The summed E-state index contributed by atoms with van der Waals surface area (Å²) in [6.07, 6.45) is 5.69. The number of aryl methyl sites for hydroxylation is 1. The Kier molecular flexibility index (Phi) is 4.97. The zero-order valence-electron chi connectivity index (χ0n) is 16.8. The van der Waals surface area contributed by atoms with E-state index in [4.69, 9.17) is 16.0 Å². The molecule has 0 spiro atoms. The van der Waals surface area contributed by atoms with Crippen LogP contribution in [0.5, 0.6) is 0 Å². The van der Waals surface area contributed by atoms with E-state index in [0.717, 1.165) is 43.8 Å². The third-order valence-corrected chi connectivity index (χ3v) is 6.10. The van der Waals surface area contributed by atoms with Crippen LogP contribution in [0.25, 0.3) is 16.9 Å². The molecule has 0 atom stereocenters. The summed E-state index contributed by atoms with van der Waals surface area (Å²) in [6, 6.07) is 13.8. The van der Waals surface area contributed by atoms with E-state index in [2.05, 4.69) is 45.8 Å². The lowest BCUT2D eigenvalue weighted by atomic mass is 10.0. The number of pyridine rings is 1. The molecule has 1 fully saturated rings. The molecule has 0 aliphatic carbocycles. The summed E-state index contributed by atoms with van der Waals surface area (Å²) in [5.41, 5.74) is 3.78. The molecule has 1 aliphatic rings. The zero-order chi connectivity index (χ0) is 20.7. The molecule has 1 aliphatic heterocycles. The summed E-state index contributed by atoms with van der Waals surface area (Å²) < 4.78 is 9.34. The Morgan fingerprint density at radius 2 is 2.00 bits per heavy atom. The van der Waals surface area contributed by atoms with Crippen molar-refractivity contribution in [2.45, 2.75) is 32.4 Å². The van der Waals surface area contributed by atoms with Crippen LogP contribution in [-0.2, 0) is 6.54 Å². The minimum absolute atomic E-state index is 0.124. The second-order valence-corrected chi connectivity index (χ2v) is 8.35. The molecule has 3 aromatic heterocycles. The molecule has 4 heterocycles. The molecule has 154 valence electrons. The van der Waals surface area contributed by atoms with Crippen molar-refractivity contribution < 1.29 is 4.42 Å². The number of oxazole rings is 1. The smallest absolute Gasteiger partial charge is 0.408 e. The molecule has 5 rings (SSSR count). The molecule has 0 radical (unpaired) electrons. The fourth-order valence-electron chi connectivity index (χ4n) is 4.34. The number of likely N-dealkylation sites (tertiary alicyclic amines) is 1. The average Bonchev–Trinajstić information content (AvgIpc) is 3.32. The molecule has 4 aromatic rings. The summed E-state index contributed by atoms with van der Waals surface area (Å²) in [4.78, 5) is 19.4. The van der Waals surface area contributed by atoms with Crippen molar-refractivity contribution in [3.05, 3.63) is 81.7 Å². The van der Waals surface area contributed by atoms with E-state index in [1.165, 1.54) is 11.3 Å². The fourth-order valence-corrected chi connectivity index (χ4v) is 4.50. The normalized spacial score (nSPS) is 15.8. The second-order valence-electron chi connectivity index (χ2n) is 7.92. The van der Waals surface area contributed by atoms with Gasteiger partial charge in [0.1, 0.15) is 5.82 Å². The van der Waals surface area contributed by atoms with Gasteiger partial charge in [0.25, 0.3) is 0 Å². The Morgan fingerprint density at radius 3 is 2.80 bits per heavy atom. The van der Waals surface area contributed by atoms with Gasteiger partial charge < -0.3 is 8.98 Å². The number of hydrogen-bond acceptors (Lipinski definition) is 4. The molecular formula is C23H23ClN4O2. The molecule has 0 bridgehead atoms. The number of fused-ring (bicyclic) bond motifs is 1. The van der Waals surface area contributed by atoms with Crippen LogP contribution < -0.4 is 5.76 Å². The van der Waals surface area contributed by atoms with Gasteiger partial charge >= 0.3 is 5.76 Å². The van der Waals surface area contributed by atoms with Crippen molar-refractivity contribution in [2.24, 2.45) is 0 Å². The average molecular weight is 423 g/mol. The van der Waals surface area contributed by atoms with Gasteiger partial charge in [-0.2, -0.15) is 0 Å². The first-order valence-corrected chi connectivity index (χ1v) is 10.6. The van der Waals surface area contributed by atoms with Gasteiger partial charge in [-0.25, -0.2) is 9.78 Å². The summed E-state index contributed by atoms with van der Waals surface area (Å²) >= 11 is 6.14. The molecule has 1 saturated heterocycles. The summed E-state index contributed by atoms with van der Waals surface area (Å²) in [6.45, 7) is 4.75. The maximum atomic E-state index is 12.4. The molecular weight excluding hydrogens is 400 g/mol. The van der Waals surface area contributed by atoms with Gasteiger partial charge in [0, 0.05) is 48.8 Å². The lowest BCUT2D eigenvalue weighted by molar-refractivity contribution is 0.175. The molecule has 1 aromatic carbocycles. The molecule has 0 amide bonds. The third-order valence-electron chi connectivity index (χ3n) is 5.86. The van der Waals surface area contributed by atoms with Crippen LogP contribution in [0.1, 0.15) is 30.1 Å². The third kappa shape index (κ3) is 3.57. The molecule has 6 nitrogen and oxygen atoms in total. The minimum Gasteiger partial charge on any atom is -0.408 e. The first-order valence-electron chi connectivity index (χ1n) is 10.2. The first kappa shape index (κ1) is 19.2. The maximum absolute atomic E-state index is 12.4. The van der Waals surface area contributed by atoms with E-state index in [0.29, 0.717) is 10.6 Å². The van der Waals surface area contributed by atoms with Gasteiger partial charge in [-0.1, -0.05) is 11.6 Å². The van der Waals surface area contributed by atoms with Crippen LogP contribution in [0, 0.1) is 6.92 Å². The molecule has 30 heavy (non-hydrogen) atoms. The molecule has 7 heteroatoms. The summed E-state index contributed by atoms with van der Waals surface area (Å²) in [7, 11) is 0. The number of aromatic nitrogens is 3. The lowest BCUT2D eigenvalue weighted by Crippen LogP contribution is -2.36. The highest BCUT2D eigenvalue weighted by molar-refractivity contribution is 6.31. The SMILES string of the molecule is Cc1ccnc(-n2cccc2CN2CCC(n3c(=O)oc4ccc(Cl)cc43)CC2)c1. The largest absolute Gasteiger partial charge is 0.420 e. The van der Waals surface area contributed by atoms with E-state index >= 15 is 0 Å². The van der Waals surface area contributed by atoms with Crippen LogP contribution in [0.3, 0.4) is 0 Å². The predicted molar refractivity (Wildman–Crippen MR) is 117 cm³/mol. The highest BCUT2D eigenvalue weighted by Gasteiger charge is 2.25. The van der Waals surface area contributed by atoms with Gasteiger partial charge in [-0.05, 0) is 67.8 Å². The van der Waals surface area contributed by atoms with Crippen molar-refractivity contribution in [2.75, 3.05) is 13.1 Å². The lowest BCUT2D eigenvalue weighted by Gasteiger charge is -2.32. The Bertz CT molecular complexity index is 1250. The number of hydrogen-bond donors (Lipinski definition) is 0. The standard InChI is InChI=1S/C23H23ClN4O2/c1-16-6-9-25-22(13-16)27-10-2-3-19(27)15-26-11-7-18(8-12-26)28-20-14-17(24)4-5-21(20)30-23(28)29/h2-6,9-10,13-14,18H,7-8,11-12,15H2,1H3. The van der Waals surface area contributed by atoms with Crippen molar-refractivity contribution in [3.8, 4) is 5.82 Å². The predicted octanol–water partition coefficient (Wildman–Crippen LogP) is 4.58. The Labute approximate surface area is 179 Å². The summed E-state index contributed by atoms with van der Waals surface area (Å²) in [5.74, 6) is 0.642. The number of rotatable bonds is 4. The van der Waals surface area contributed by atoms with Crippen LogP contribution in [0.4, 0.5) is 0 Å². The molecule has 0 unspecified atom stereocenters. The van der Waals surface area contributed by atoms with Crippen LogP contribution in [0.2, 0.25) is 5.02 Å². The Morgan fingerprint density at radius 1 is 1.17 bits per heavy atom. The Hall–Kier alpha value is -2.83. The quantitative estimate of drug-likeness (QED) is 0.483. The maximum Gasteiger partial charge on any atom is 0.420 e. The monoisotopic (exact) mass is 422 g/mol. The van der Waals surface area contributed by atoms with Gasteiger partial charge in [-0.15, -0.1) is 0 Å². The van der Waals surface area contributed by atoms with Crippen molar-refractivity contribution in [1.29, 1.82) is 0 Å². The van der Waals surface area contributed by atoms with E-state index in [9.17, 15) is 4.79 Å². The van der Waals surface area contributed by atoms with Gasteiger partial charge in [0.05, 0.1) is 5.52 Å². The highest BCUT2D eigenvalue weighted by Crippen LogP contribution is 2.28. The zero-order valence-corrected chi connectivity index (χ0v) is 17.5. The van der Waals surface area contributed by atoms with Crippen LogP contribution in [-0.4, -0.2) is 32.1 Å². The van der Waals surface area contributed by atoms with E-state index in [-0.39, 0.29) is 11.8 Å². The molecule has 0 saturated carbocycles. The Balaban J connectivity index is 1.31. The first-order chi connectivity index (χ1) is 14.6. The minimum atomic E-state index is -0.301. The van der Waals surface area contributed by atoms with Gasteiger partial charge in [0.15, 0.2) is 5.58 Å². The van der Waals surface area contributed by atoms with E-state index in [1.807, 2.05) is 18.3 Å². The van der Waals surface area contributed by atoms with Crippen LogP contribution >= 0.6 is 11.6 Å². The topological polar surface area (TPSA) is 56.2 Å². The van der Waals surface area contributed by atoms with Crippen molar-refractivity contribution in [3.63, 3.8) is 0 Å². The number of nitrogens with zero attached hydrogens (tertiary/aromatic N) is 4. The fraction of sp³-hybridized carbons (Fsp3) is 0.304. The summed E-state index contributed by atoms with van der Waals surface area (Å²) in [5, 5.41) is 0.611. The van der Waals surface area contributed by atoms with E-state index < -0.39 is 0 Å². The van der Waals surface area contributed by atoms with Crippen molar-refractivity contribution in [1.82, 2.24) is 19.0 Å².